The Bertz CT molecular complexity index is 850. The van der Waals surface area contributed by atoms with Crippen LogP contribution in [0.25, 0.3) is 0 Å². The lowest BCUT2D eigenvalue weighted by Gasteiger charge is -2.16. The first-order chi connectivity index (χ1) is 13.5. The second kappa shape index (κ2) is 9.71. The van der Waals surface area contributed by atoms with E-state index in [1.165, 1.54) is 0 Å². The van der Waals surface area contributed by atoms with Gasteiger partial charge in [-0.15, -0.1) is 0 Å². The molecule has 0 aliphatic carbocycles. The Labute approximate surface area is 172 Å². The average molecular weight is 447 g/mol. The lowest BCUT2D eigenvalue weighted by Crippen LogP contribution is -2.33. The smallest absolute Gasteiger partial charge is 0.251 e. The summed E-state index contributed by atoms with van der Waals surface area (Å²) in [5.41, 5.74) is 2.09. The molecule has 0 radical (unpaired) electrons. The fraction of sp³-hybridized carbons (Fsp3) is 0.333. The maximum atomic E-state index is 12.3. The van der Waals surface area contributed by atoms with Crippen LogP contribution in [0, 0.1) is 6.92 Å². The number of carbonyl (C=O) groups excluding carboxylic acids is 2. The quantitative estimate of drug-likeness (QED) is 0.679. The van der Waals surface area contributed by atoms with Crippen molar-refractivity contribution in [2.75, 3.05) is 25.1 Å². The van der Waals surface area contributed by atoms with Crippen molar-refractivity contribution in [3.05, 3.63) is 58.1 Å². The van der Waals surface area contributed by atoms with Gasteiger partial charge < -0.3 is 20.1 Å². The normalized spacial score (nSPS) is 15.9. The molecule has 3 rings (SSSR count). The standard InChI is InChI=1S/C21H23BrN2O4/c1-14-7-8-18(19(10-14)28-13-17-6-3-9-27-17)24-20(25)12-23-21(26)15-4-2-5-16(22)11-15/h2,4-5,7-8,10-11,17H,3,6,9,12-13H2,1H3,(H,23,26)(H,24,25). The molecule has 0 spiro atoms. The molecule has 0 saturated carbocycles. The zero-order chi connectivity index (χ0) is 19.9. The van der Waals surface area contributed by atoms with E-state index in [0.29, 0.717) is 23.6 Å². The second-order valence-corrected chi connectivity index (χ2v) is 7.60. The summed E-state index contributed by atoms with van der Waals surface area (Å²) < 4.78 is 12.3. The van der Waals surface area contributed by atoms with Crippen LogP contribution in [-0.4, -0.2) is 37.7 Å². The molecule has 28 heavy (non-hydrogen) atoms. The fourth-order valence-corrected chi connectivity index (χ4v) is 3.30. The molecule has 1 atom stereocenters. The molecule has 1 saturated heterocycles. The van der Waals surface area contributed by atoms with E-state index in [4.69, 9.17) is 9.47 Å². The monoisotopic (exact) mass is 446 g/mol. The number of hydrogen-bond donors (Lipinski definition) is 2. The van der Waals surface area contributed by atoms with Crippen molar-refractivity contribution in [1.29, 1.82) is 0 Å². The summed E-state index contributed by atoms with van der Waals surface area (Å²) in [6.07, 6.45) is 2.12. The van der Waals surface area contributed by atoms with E-state index in [1.54, 1.807) is 24.3 Å². The number of rotatable bonds is 7. The molecule has 1 heterocycles. The molecular weight excluding hydrogens is 424 g/mol. The summed E-state index contributed by atoms with van der Waals surface area (Å²) in [6.45, 7) is 3.04. The topological polar surface area (TPSA) is 76.7 Å². The maximum absolute atomic E-state index is 12.3. The molecule has 7 heteroatoms. The minimum absolute atomic E-state index is 0.0912. The highest BCUT2D eigenvalue weighted by Crippen LogP contribution is 2.27. The lowest BCUT2D eigenvalue weighted by molar-refractivity contribution is -0.115. The number of anilines is 1. The first-order valence-electron chi connectivity index (χ1n) is 9.20. The summed E-state index contributed by atoms with van der Waals surface area (Å²) in [6, 6.07) is 12.6. The molecule has 1 aliphatic rings. The summed E-state index contributed by atoms with van der Waals surface area (Å²) in [5.74, 6) is -0.0356. The maximum Gasteiger partial charge on any atom is 0.251 e. The molecule has 2 N–H and O–H groups in total. The van der Waals surface area contributed by atoms with Gasteiger partial charge in [-0.3, -0.25) is 9.59 Å². The Morgan fingerprint density at radius 2 is 2.11 bits per heavy atom. The third kappa shape index (κ3) is 5.81. The van der Waals surface area contributed by atoms with Crippen LogP contribution in [0.15, 0.2) is 46.9 Å². The predicted octanol–water partition coefficient (Wildman–Crippen LogP) is 3.68. The van der Waals surface area contributed by atoms with Crippen LogP contribution >= 0.6 is 15.9 Å². The zero-order valence-corrected chi connectivity index (χ0v) is 17.3. The minimum atomic E-state index is -0.325. The van der Waals surface area contributed by atoms with Crippen LogP contribution < -0.4 is 15.4 Å². The van der Waals surface area contributed by atoms with Crippen LogP contribution in [0.1, 0.15) is 28.8 Å². The summed E-state index contributed by atoms with van der Waals surface area (Å²) in [7, 11) is 0. The number of nitrogens with one attached hydrogen (secondary N) is 2. The Balaban J connectivity index is 1.56. The number of aryl methyl sites for hydroxylation is 1. The van der Waals surface area contributed by atoms with E-state index < -0.39 is 0 Å². The second-order valence-electron chi connectivity index (χ2n) is 6.69. The van der Waals surface area contributed by atoms with E-state index in [9.17, 15) is 9.59 Å². The Morgan fingerprint density at radius 1 is 1.25 bits per heavy atom. The van der Waals surface area contributed by atoms with Gasteiger partial charge in [0.15, 0.2) is 0 Å². The van der Waals surface area contributed by atoms with E-state index in [2.05, 4.69) is 26.6 Å². The van der Waals surface area contributed by atoms with Crippen LogP contribution in [0.3, 0.4) is 0 Å². The highest BCUT2D eigenvalue weighted by Gasteiger charge is 2.17. The highest BCUT2D eigenvalue weighted by molar-refractivity contribution is 9.10. The average Bonchev–Trinajstić information content (AvgIpc) is 3.20. The SMILES string of the molecule is Cc1ccc(NC(=O)CNC(=O)c2cccc(Br)c2)c(OCC2CCCO2)c1. The van der Waals surface area contributed by atoms with Crippen molar-refractivity contribution in [3.8, 4) is 5.75 Å². The van der Waals surface area contributed by atoms with Gasteiger partial charge in [0.05, 0.1) is 18.3 Å². The molecule has 148 valence electrons. The predicted molar refractivity (Wildman–Crippen MR) is 111 cm³/mol. The van der Waals surface area contributed by atoms with E-state index in [1.807, 2.05) is 25.1 Å². The molecule has 1 fully saturated rings. The highest BCUT2D eigenvalue weighted by atomic mass is 79.9. The van der Waals surface area contributed by atoms with Crippen LogP contribution in [0.4, 0.5) is 5.69 Å². The van der Waals surface area contributed by atoms with Gasteiger partial charge in [-0.2, -0.15) is 0 Å². The third-order valence-corrected chi connectivity index (χ3v) is 4.85. The molecular formula is C21H23BrN2O4. The van der Waals surface area contributed by atoms with Gasteiger partial charge >= 0.3 is 0 Å². The van der Waals surface area contributed by atoms with Crippen molar-refractivity contribution >= 4 is 33.4 Å². The Morgan fingerprint density at radius 3 is 2.86 bits per heavy atom. The molecule has 2 amide bonds. The van der Waals surface area contributed by atoms with Crippen molar-refractivity contribution in [2.24, 2.45) is 0 Å². The fourth-order valence-electron chi connectivity index (χ4n) is 2.90. The van der Waals surface area contributed by atoms with Crippen molar-refractivity contribution in [1.82, 2.24) is 5.32 Å². The van der Waals surface area contributed by atoms with Gasteiger partial charge in [-0.1, -0.05) is 28.1 Å². The molecule has 1 unspecified atom stereocenters. The largest absolute Gasteiger partial charge is 0.489 e. The van der Waals surface area contributed by atoms with Crippen LogP contribution in [0.2, 0.25) is 0 Å². The van der Waals surface area contributed by atoms with Crippen molar-refractivity contribution in [3.63, 3.8) is 0 Å². The van der Waals surface area contributed by atoms with Gasteiger partial charge in [0.25, 0.3) is 5.91 Å². The van der Waals surface area contributed by atoms with E-state index in [0.717, 1.165) is 29.5 Å². The van der Waals surface area contributed by atoms with Crippen LogP contribution in [0.5, 0.6) is 5.75 Å². The Kier molecular flexibility index (Phi) is 7.06. The minimum Gasteiger partial charge on any atom is -0.489 e. The number of halogens is 1. The Hall–Kier alpha value is -2.38. The summed E-state index contributed by atoms with van der Waals surface area (Å²) >= 11 is 3.33. The van der Waals surface area contributed by atoms with Gasteiger partial charge in [0.2, 0.25) is 5.91 Å². The first kappa shape index (κ1) is 20.4. The van der Waals surface area contributed by atoms with E-state index in [-0.39, 0.29) is 24.5 Å². The van der Waals surface area contributed by atoms with E-state index >= 15 is 0 Å². The van der Waals surface area contributed by atoms with Gasteiger partial charge in [0, 0.05) is 16.6 Å². The molecule has 0 aromatic heterocycles. The molecule has 2 aromatic carbocycles. The van der Waals surface area contributed by atoms with Gasteiger partial charge in [-0.25, -0.2) is 0 Å². The zero-order valence-electron chi connectivity index (χ0n) is 15.7. The third-order valence-electron chi connectivity index (χ3n) is 4.36. The summed E-state index contributed by atoms with van der Waals surface area (Å²) in [4.78, 5) is 24.5. The number of amides is 2. The molecule has 2 aromatic rings. The molecule has 0 bridgehead atoms. The number of carbonyl (C=O) groups is 2. The van der Waals surface area contributed by atoms with Crippen molar-refractivity contribution in [2.45, 2.75) is 25.9 Å². The number of benzene rings is 2. The molecule has 6 nitrogen and oxygen atoms in total. The van der Waals surface area contributed by atoms with Crippen molar-refractivity contribution < 1.29 is 19.1 Å². The lowest BCUT2D eigenvalue weighted by atomic mass is 10.2. The van der Waals surface area contributed by atoms with Gasteiger partial charge in [0.1, 0.15) is 12.4 Å². The van der Waals surface area contributed by atoms with Gasteiger partial charge in [-0.05, 0) is 55.7 Å². The molecule has 1 aliphatic heterocycles. The number of ether oxygens (including phenoxy) is 2. The number of hydrogen-bond acceptors (Lipinski definition) is 4. The van der Waals surface area contributed by atoms with Crippen LogP contribution in [-0.2, 0) is 9.53 Å². The first-order valence-corrected chi connectivity index (χ1v) is 9.99. The summed E-state index contributed by atoms with van der Waals surface area (Å²) in [5, 5.41) is 5.42.